The Labute approximate surface area is 174 Å². The minimum Gasteiger partial charge on any atom is -0.466 e. The van der Waals surface area contributed by atoms with E-state index in [9.17, 15) is 9.59 Å². The zero-order valence-electron chi connectivity index (χ0n) is 16.9. The summed E-state index contributed by atoms with van der Waals surface area (Å²) >= 11 is 1.56. The summed E-state index contributed by atoms with van der Waals surface area (Å²) in [6.07, 6.45) is 4.36. The average Bonchev–Trinajstić information content (AvgIpc) is 3.09. The van der Waals surface area contributed by atoms with Crippen LogP contribution in [0.3, 0.4) is 0 Å². The van der Waals surface area contributed by atoms with Crippen molar-refractivity contribution in [3.05, 3.63) is 62.5 Å². The minimum absolute atomic E-state index is 0.0192. The third-order valence-electron chi connectivity index (χ3n) is 5.62. The molecule has 6 heteroatoms. The molecule has 0 bridgehead atoms. The van der Waals surface area contributed by atoms with Gasteiger partial charge in [-0.2, -0.15) is 0 Å². The van der Waals surface area contributed by atoms with E-state index in [0.29, 0.717) is 18.5 Å². The summed E-state index contributed by atoms with van der Waals surface area (Å²) in [5.74, 6) is 0.174. The van der Waals surface area contributed by atoms with Crippen LogP contribution in [0.4, 0.5) is 0 Å². The number of benzene rings is 1. The number of aromatic nitrogens is 2. The second-order valence-corrected chi connectivity index (χ2v) is 8.60. The first-order valence-electron chi connectivity index (χ1n) is 10.3. The molecule has 0 N–H and O–H groups in total. The van der Waals surface area contributed by atoms with Gasteiger partial charge in [0.2, 0.25) is 0 Å². The van der Waals surface area contributed by atoms with Gasteiger partial charge >= 0.3 is 5.97 Å². The van der Waals surface area contributed by atoms with Crippen molar-refractivity contribution < 1.29 is 9.53 Å². The normalized spacial score (nSPS) is 16.0. The van der Waals surface area contributed by atoms with E-state index in [2.05, 4.69) is 12.1 Å². The smallest absolute Gasteiger partial charge is 0.313 e. The highest BCUT2D eigenvalue weighted by Gasteiger charge is 2.33. The van der Waals surface area contributed by atoms with Crippen LogP contribution in [0.25, 0.3) is 10.2 Å². The maximum absolute atomic E-state index is 13.4. The second-order valence-electron chi connectivity index (χ2n) is 7.52. The zero-order valence-corrected chi connectivity index (χ0v) is 17.8. The summed E-state index contributed by atoms with van der Waals surface area (Å²) < 4.78 is 7.07. The Morgan fingerprint density at radius 1 is 1.31 bits per heavy atom. The Balaban J connectivity index is 1.69. The van der Waals surface area contributed by atoms with Gasteiger partial charge < -0.3 is 4.74 Å². The van der Waals surface area contributed by atoms with E-state index in [4.69, 9.17) is 9.72 Å². The quantitative estimate of drug-likeness (QED) is 0.566. The molecule has 1 aromatic carbocycles. The van der Waals surface area contributed by atoms with Crippen LogP contribution in [0.15, 0.2) is 35.1 Å². The van der Waals surface area contributed by atoms with Gasteiger partial charge in [0, 0.05) is 11.4 Å². The summed E-state index contributed by atoms with van der Waals surface area (Å²) in [6, 6.07) is 10.3. The van der Waals surface area contributed by atoms with Crippen LogP contribution in [0.1, 0.15) is 53.9 Å². The van der Waals surface area contributed by atoms with Crippen LogP contribution in [0.5, 0.6) is 0 Å². The lowest BCUT2D eigenvalue weighted by molar-refractivity contribution is -0.145. The molecule has 1 unspecified atom stereocenters. The van der Waals surface area contributed by atoms with Gasteiger partial charge in [0.15, 0.2) is 0 Å². The van der Waals surface area contributed by atoms with Gasteiger partial charge in [0.05, 0.1) is 17.9 Å². The molecule has 0 saturated heterocycles. The van der Waals surface area contributed by atoms with Gasteiger partial charge in [-0.3, -0.25) is 14.2 Å². The fraction of sp³-hybridized carbons (Fsp3) is 0.435. The number of thiophene rings is 1. The van der Waals surface area contributed by atoms with Crippen LogP contribution < -0.4 is 5.56 Å². The molecule has 29 heavy (non-hydrogen) atoms. The average molecular weight is 411 g/mol. The van der Waals surface area contributed by atoms with Crippen molar-refractivity contribution in [2.75, 3.05) is 6.61 Å². The predicted octanol–water partition coefficient (Wildman–Crippen LogP) is 4.38. The van der Waals surface area contributed by atoms with Gasteiger partial charge in [0.25, 0.3) is 5.56 Å². The number of esters is 1. The second kappa shape index (κ2) is 8.49. The van der Waals surface area contributed by atoms with Gasteiger partial charge in [-0.15, -0.1) is 11.3 Å². The molecule has 0 amide bonds. The summed E-state index contributed by atoms with van der Waals surface area (Å²) in [6.45, 7) is 4.69. The van der Waals surface area contributed by atoms with Crippen molar-refractivity contribution in [3.63, 3.8) is 0 Å². The van der Waals surface area contributed by atoms with Crippen LogP contribution in [-0.2, 0) is 28.9 Å². The van der Waals surface area contributed by atoms with Gasteiger partial charge in [-0.25, -0.2) is 4.98 Å². The van der Waals surface area contributed by atoms with Gasteiger partial charge in [-0.05, 0) is 57.1 Å². The number of nitrogens with zero attached hydrogens (tertiary/aromatic N) is 2. The first kappa shape index (κ1) is 19.8. The Kier molecular flexibility index (Phi) is 5.81. The number of hydrogen-bond acceptors (Lipinski definition) is 5. The number of fused-ring (bicyclic) bond motifs is 3. The lowest BCUT2D eigenvalue weighted by Gasteiger charge is -2.21. The topological polar surface area (TPSA) is 61.2 Å². The number of aryl methyl sites for hydroxylation is 3. The van der Waals surface area contributed by atoms with E-state index < -0.39 is 0 Å². The lowest BCUT2D eigenvalue weighted by Crippen LogP contribution is -2.26. The standard InChI is InChI=1S/C23H26N2O3S/c1-3-28-23(27)17-12-7-13-18-19(17)20-21(29-18)24-15(2)25(22(20)26)14-8-11-16-9-5-4-6-10-16/h4-6,9-10,17H,3,7-8,11-14H2,1-2H3. The Bertz CT molecular complexity index is 1080. The Hall–Kier alpha value is -2.47. The molecule has 0 fully saturated rings. The maximum atomic E-state index is 13.4. The number of carbonyl (C=O) groups is 1. The van der Waals surface area contributed by atoms with Crippen LogP contribution in [-0.4, -0.2) is 22.1 Å². The van der Waals surface area contributed by atoms with Crippen LogP contribution in [0, 0.1) is 6.92 Å². The highest BCUT2D eigenvalue weighted by molar-refractivity contribution is 7.18. The van der Waals surface area contributed by atoms with Crippen LogP contribution in [0.2, 0.25) is 0 Å². The monoisotopic (exact) mass is 410 g/mol. The molecule has 1 aliphatic carbocycles. The number of rotatable bonds is 6. The summed E-state index contributed by atoms with van der Waals surface area (Å²) in [4.78, 5) is 32.6. The molecule has 152 valence electrons. The van der Waals surface area contributed by atoms with E-state index in [-0.39, 0.29) is 17.4 Å². The van der Waals surface area contributed by atoms with Crippen molar-refractivity contribution in [1.29, 1.82) is 0 Å². The van der Waals surface area contributed by atoms with E-state index in [1.807, 2.05) is 32.0 Å². The van der Waals surface area contributed by atoms with Crippen molar-refractivity contribution in [2.24, 2.45) is 0 Å². The SMILES string of the molecule is CCOC(=O)C1CCCc2sc3nc(C)n(CCCc4ccccc4)c(=O)c3c21. The molecular weight excluding hydrogens is 384 g/mol. The van der Waals surface area contributed by atoms with Crippen molar-refractivity contribution >= 4 is 27.5 Å². The van der Waals surface area contributed by atoms with Crippen molar-refractivity contribution in [1.82, 2.24) is 9.55 Å². The summed E-state index contributed by atoms with van der Waals surface area (Å²) in [5.41, 5.74) is 2.13. The van der Waals surface area contributed by atoms with E-state index >= 15 is 0 Å². The van der Waals surface area contributed by atoms with Gasteiger partial charge in [-0.1, -0.05) is 30.3 Å². The minimum atomic E-state index is -0.345. The fourth-order valence-corrected chi connectivity index (χ4v) is 5.56. The summed E-state index contributed by atoms with van der Waals surface area (Å²) in [5, 5.41) is 0.632. The molecule has 1 atom stereocenters. The number of carbonyl (C=O) groups excluding carboxylic acids is 1. The lowest BCUT2D eigenvalue weighted by atomic mass is 9.86. The van der Waals surface area contributed by atoms with E-state index in [0.717, 1.165) is 53.2 Å². The third-order valence-corrected chi connectivity index (χ3v) is 6.78. The molecule has 0 radical (unpaired) electrons. The molecule has 3 aromatic rings. The van der Waals surface area contributed by atoms with Crippen LogP contribution >= 0.6 is 11.3 Å². The highest BCUT2D eigenvalue weighted by Crippen LogP contribution is 2.41. The maximum Gasteiger partial charge on any atom is 0.313 e. The third kappa shape index (κ3) is 3.86. The van der Waals surface area contributed by atoms with Crippen molar-refractivity contribution in [2.45, 2.75) is 58.4 Å². The van der Waals surface area contributed by atoms with Gasteiger partial charge in [0.1, 0.15) is 10.7 Å². The molecule has 2 heterocycles. The number of ether oxygens (including phenoxy) is 1. The van der Waals surface area contributed by atoms with Crippen molar-refractivity contribution in [3.8, 4) is 0 Å². The Morgan fingerprint density at radius 3 is 2.86 bits per heavy atom. The largest absolute Gasteiger partial charge is 0.466 e. The molecule has 2 aromatic heterocycles. The van der Waals surface area contributed by atoms with E-state index in [1.165, 1.54) is 5.56 Å². The zero-order chi connectivity index (χ0) is 20.4. The first-order valence-corrected chi connectivity index (χ1v) is 11.1. The Morgan fingerprint density at radius 2 is 2.10 bits per heavy atom. The molecular formula is C23H26N2O3S. The first-order chi connectivity index (χ1) is 14.1. The fourth-order valence-electron chi connectivity index (χ4n) is 4.25. The molecule has 1 aliphatic rings. The number of hydrogen-bond donors (Lipinski definition) is 0. The molecule has 4 rings (SSSR count). The molecule has 0 spiro atoms. The van der Waals surface area contributed by atoms with E-state index in [1.54, 1.807) is 15.9 Å². The highest BCUT2D eigenvalue weighted by atomic mass is 32.1. The molecule has 5 nitrogen and oxygen atoms in total. The molecule has 0 saturated carbocycles. The summed E-state index contributed by atoms with van der Waals surface area (Å²) in [7, 11) is 0. The molecule has 0 aliphatic heterocycles. The predicted molar refractivity (Wildman–Crippen MR) is 116 cm³/mol.